The van der Waals surface area contributed by atoms with E-state index in [2.05, 4.69) is 6.92 Å². The van der Waals surface area contributed by atoms with E-state index in [0.717, 1.165) is 13.0 Å². The minimum Gasteiger partial charge on any atom is -0.351 e. The van der Waals surface area contributed by atoms with E-state index in [9.17, 15) is 4.79 Å². The molecular formula is C7H15N3O. The maximum atomic E-state index is 10.7. The number of hydrogen-bond acceptors (Lipinski definition) is 2. The Hall–Kier alpha value is -0.770. The first kappa shape index (κ1) is 8.33. The van der Waals surface area contributed by atoms with Crippen LogP contribution >= 0.6 is 0 Å². The van der Waals surface area contributed by atoms with Gasteiger partial charge in [-0.05, 0) is 5.92 Å². The van der Waals surface area contributed by atoms with Crippen molar-refractivity contribution >= 4 is 6.03 Å². The molecule has 0 aromatic carbocycles. The van der Waals surface area contributed by atoms with Crippen LogP contribution in [0, 0.1) is 5.92 Å². The lowest BCUT2D eigenvalue weighted by atomic mass is 10.0. The van der Waals surface area contributed by atoms with Crippen LogP contribution in [0.15, 0.2) is 0 Å². The maximum absolute atomic E-state index is 10.7. The molecule has 0 spiro atoms. The van der Waals surface area contributed by atoms with E-state index in [4.69, 9.17) is 11.5 Å². The Morgan fingerprint density at radius 1 is 1.64 bits per heavy atom. The largest absolute Gasteiger partial charge is 0.351 e. The van der Waals surface area contributed by atoms with Gasteiger partial charge in [0, 0.05) is 19.1 Å². The van der Waals surface area contributed by atoms with Gasteiger partial charge in [-0.15, -0.1) is 0 Å². The van der Waals surface area contributed by atoms with Gasteiger partial charge in [0.05, 0.1) is 0 Å². The summed E-state index contributed by atoms with van der Waals surface area (Å²) in [4.78, 5) is 12.3. The molecule has 64 valence electrons. The van der Waals surface area contributed by atoms with Crippen molar-refractivity contribution in [1.29, 1.82) is 0 Å². The summed E-state index contributed by atoms with van der Waals surface area (Å²) in [6.45, 7) is 3.43. The smallest absolute Gasteiger partial charge is 0.314 e. The summed E-state index contributed by atoms with van der Waals surface area (Å²) in [6.07, 6.45) is 1.02. The van der Waals surface area contributed by atoms with Crippen molar-refractivity contribution in [1.82, 2.24) is 4.90 Å². The molecule has 0 aromatic rings. The highest BCUT2D eigenvalue weighted by molar-refractivity contribution is 5.72. The summed E-state index contributed by atoms with van der Waals surface area (Å²) >= 11 is 0. The van der Waals surface area contributed by atoms with Crippen molar-refractivity contribution in [2.75, 3.05) is 13.1 Å². The third-order valence-electron chi connectivity index (χ3n) is 2.33. The number of nitrogens with zero attached hydrogens (tertiary/aromatic N) is 1. The molecule has 0 saturated carbocycles. The molecule has 0 bridgehead atoms. The zero-order valence-electron chi connectivity index (χ0n) is 6.79. The summed E-state index contributed by atoms with van der Waals surface area (Å²) in [5.41, 5.74) is 10.9. The molecule has 2 amide bonds. The third kappa shape index (κ3) is 1.63. The Balaban J connectivity index is 2.49. The van der Waals surface area contributed by atoms with Crippen LogP contribution in [-0.2, 0) is 0 Å². The predicted molar refractivity (Wildman–Crippen MR) is 42.9 cm³/mol. The van der Waals surface area contributed by atoms with Crippen LogP contribution in [0.2, 0.25) is 0 Å². The van der Waals surface area contributed by atoms with Gasteiger partial charge in [-0.25, -0.2) is 4.79 Å². The summed E-state index contributed by atoms with van der Waals surface area (Å²) < 4.78 is 0. The number of urea groups is 1. The molecule has 1 aliphatic heterocycles. The lowest BCUT2D eigenvalue weighted by Gasteiger charge is -2.11. The Kier molecular flexibility index (Phi) is 2.34. The summed E-state index contributed by atoms with van der Waals surface area (Å²) in [5, 5.41) is 0. The molecule has 0 aliphatic carbocycles. The van der Waals surface area contributed by atoms with E-state index in [-0.39, 0.29) is 12.1 Å². The molecule has 0 aromatic heterocycles. The van der Waals surface area contributed by atoms with Gasteiger partial charge in [0.15, 0.2) is 0 Å². The van der Waals surface area contributed by atoms with Crippen LogP contribution in [0.5, 0.6) is 0 Å². The first-order chi connectivity index (χ1) is 5.15. The SMILES string of the molecule is CCC1CN(C(N)=O)CC1N. The van der Waals surface area contributed by atoms with Gasteiger partial charge in [-0.2, -0.15) is 0 Å². The fourth-order valence-electron chi connectivity index (χ4n) is 1.51. The molecule has 11 heavy (non-hydrogen) atoms. The molecule has 1 fully saturated rings. The first-order valence-electron chi connectivity index (χ1n) is 3.95. The minimum absolute atomic E-state index is 0.118. The number of likely N-dealkylation sites (tertiary alicyclic amines) is 1. The second-order valence-corrected chi connectivity index (χ2v) is 3.08. The van der Waals surface area contributed by atoms with Crippen molar-refractivity contribution < 1.29 is 4.79 Å². The number of carbonyl (C=O) groups excluding carboxylic acids is 1. The van der Waals surface area contributed by atoms with Gasteiger partial charge in [-0.3, -0.25) is 0 Å². The van der Waals surface area contributed by atoms with E-state index in [1.54, 1.807) is 4.90 Å². The Morgan fingerprint density at radius 2 is 2.27 bits per heavy atom. The number of rotatable bonds is 1. The van der Waals surface area contributed by atoms with Gasteiger partial charge in [0.1, 0.15) is 0 Å². The van der Waals surface area contributed by atoms with Crippen molar-refractivity contribution in [2.24, 2.45) is 17.4 Å². The van der Waals surface area contributed by atoms with E-state index in [1.165, 1.54) is 0 Å². The highest BCUT2D eigenvalue weighted by Gasteiger charge is 2.30. The van der Waals surface area contributed by atoms with Gasteiger partial charge in [0.2, 0.25) is 0 Å². The average molecular weight is 157 g/mol. The monoisotopic (exact) mass is 157 g/mol. The highest BCUT2D eigenvalue weighted by atomic mass is 16.2. The molecule has 1 saturated heterocycles. The lowest BCUT2D eigenvalue weighted by molar-refractivity contribution is 0.216. The molecule has 1 aliphatic rings. The standard InChI is InChI=1S/C7H15N3O/c1-2-5-3-10(7(9)11)4-6(5)8/h5-6H,2-4,8H2,1H3,(H2,9,11). The second-order valence-electron chi connectivity index (χ2n) is 3.08. The molecular weight excluding hydrogens is 142 g/mol. The van der Waals surface area contributed by atoms with E-state index < -0.39 is 0 Å². The summed E-state index contributed by atoms with van der Waals surface area (Å²) in [5.74, 6) is 0.433. The van der Waals surface area contributed by atoms with Crippen molar-refractivity contribution in [3.63, 3.8) is 0 Å². The summed E-state index contributed by atoms with van der Waals surface area (Å²) in [6, 6.07) is -0.233. The van der Waals surface area contributed by atoms with Gasteiger partial charge in [-0.1, -0.05) is 13.3 Å². The average Bonchev–Trinajstić information content (AvgIpc) is 2.31. The number of amides is 2. The second kappa shape index (κ2) is 3.09. The number of nitrogens with two attached hydrogens (primary N) is 2. The minimum atomic E-state index is -0.351. The third-order valence-corrected chi connectivity index (χ3v) is 2.33. The quantitative estimate of drug-likeness (QED) is 0.550. The number of primary amides is 1. The van der Waals surface area contributed by atoms with Crippen LogP contribution in [0.1, 0.15) is 13.3 Å². The van der Waals surface area contributed by atoms with Gasteiger partial charge >= 0.3 is 6.03 Å². The van der Waals surface area contributed by atoms with Gasteiger partial charge < -0.3 is 16.4 Å². The fourth-order valence-corrected chi connectivity index (χ4v) is 1.51. The summed E-state index contributed by atoms with van der Waals surface area (Å²) in [7, 11) is 0. The van der Waals surface area contributed by atoms with E-state index >= 15 is 0 Å². The zero-order valence-corrected chi connectivity index (χ0v) is 6.79. The Bertz CT molecular complexity index is 160. The van der Waals surface area contributed by atoms with Crippen molar-refractivity contribution in [3.05, 3.63) is 0 Å². The lowest BCUT2D eigenvalue weighted by Crippen LogP contribution is -2.35. The van der Waals surface area contributed by atoms with Crippen LogP contribution < -0.4 is 11.5 Å². The van der Waals surface area contributed by atoms with Crippen molar-refractivity contribution in [3.8, 4) is 0 Å². The molecule has 2 atom stereocenters. The van der Waals surface area contributed by atoms with Crippen LogP contribution in [0.4, 0.5) is 4.79 Å². The maximum Gasteiger partial charge on any atom is 0.314 e. The fraction of sp³-hybridized carbons (Fsp3) is 0.857. The topological polar surface area (TPSA) is 72.3 Å². The van der Waals surface area contributed by atoms with Crippen LogP contribution in [-0.4, -0.2) is 30.1 Å². The molecule has 1 rings (SSSR count). The zero-order chi connectivity index (χ0) is 8.43. The van der Waals surface area contributed by atoms with E-state index in [0.29, 0.717) is 12.5 Å². The van der Waals surface area contributed by atoms with Crippen LogP contribution in [0.3, 0.4) is 0 Å². The van der Waals surface area contributed by atoms with Crippen molar-refractivity contribution in [2.45, 2.75) is 19.4 Å². The molecule has 2 unspecified atom stereocenters. The Labute approximate surface area is 66.5 Å². The normalized spacial score (nSPS) is 30.9. The van der Waals surface area contributed by atoms with E-state index in [1.807, 2.05) is 0 Å². The molecule has 1 heterocycles. The van der Waals surface area contributed by atoms with Crippen LogP contribution in [0.25, 0.3) is 0 Å². The first-order valence-corrected chi connectivity index (χ1v) is 3.95. The number of carbonyl (C=O) groups is 1. The Morgan fingerprint density at radius 3 is 2.55 bits per heavy atom. The molecule has 4 heteroatoms. The molecule has 4 N–H and O–H groups in total. The molecule has 0 radical (unpaired) electrons. The van der Waals surface area contributed by atoms with Gasteiger partial charge in [0.25, 0.3) is 0 Å². The number of hydrogen-bond donors (Lipinski definition) is 2. The predicted octanol–water partition coefficient (Wildman–Crippen LogP) is -0.266. The highest BCUT2D eigenvalue weighted by Crippen LogP contribution is 2.17. The molecule has 4 nitrogen and oxygen atoms in total.